The number of esters is 1. The van der Waals surface area contributed by atoms with E-state index in [1.807, 2.05) is 0 Å². The van der Waals surface area contributed by atoms with E-state index in [9.17, 15) is 24.8 Å². The van der Waals surface area contributed by atoms with Gasteiger partial charge in [-0.25, -0.2) is 0 Å². The van der Waals surface area contributed by atoms with Crippen molar-refractivity contribution in [2.45, 2.75) is 44.1 Å². The minimum absolute atomic E-state index is 0.000893. The first kappa shape index (κ1) is 19.6. The van der Waals surface area contributed by atoms with E-state index in [1.54, 1.807) is 0 Å². The number of aliphatic hydroxyl groups is 1. The number of methoxy groups -OCH3 is 1. The average molecular weight is 404 g/mol. The summed E-state index contributed by atoms with van der Waals surface area (Å²) in [4.78, 5) is 35.7. The Hall–Kier alpha value is -2.68. The van der Waals surface area contributed by atoms with E-state index in [2.05, 4.69) is 5.32 Å². The van der Waals surface area contributed by atoms with Crippen molar-refractivity contribution >= 4 is 23.3 Å². The van der Waals surface area contributed by atoms with Gasteiger partial charge in [-0.3, -0.25) is 19.7 Å². The smallest absolute Gasteiger partial charge is 0.312 e. The fourth-order valence-corrected chi connectivity index (χ4v) is 5.82. The van der Waals surface area contributed by atoms with E-state index < -0.39 is 34.4 Å². The summed E-state index contributed by atoms with van der Waals surface area (Å²) in [6.07, 6.45) is 4.28. The Kier molecular flexibility index (Phi) is 4.72. The summed E-state index contributed by atoms with van der Waals surface area (Å²) in [5.41, 5.74) is -1.83. The number of amides is 1. The quantitative estimate of drug-likeness (QED) is 0.423. The maximum absolute atomic E-state index is 12.8. The number of nitrogens with one attached hydrogen (secondary N) is 1. The maximum Gasteiger partial charge on any atom is 0.312 e. The first-order valence-corrected chi connectivity index (χ1v) is 9.74. The van der Waals surface area contributed by atoms with Crippen LogP contribution in [0.25, 0.3) is 0 Å². The second-order valence-electron chi connectivity index (χ2n) is 8.73. The van der Waals surface area contributed by atoms with Crippen LogP contribution in [0.2, 0.25) is 0 Å². The summed E-state index contributed by atoms with van der Waals surface area (Å²) in [6, 6.07) is 4.06. The van der Waals surface area contributed by atoms with Crippen molar-refractivity contribution in [3.63, 3.8) is 0 Å². The van der Waals surface area contributed by atoms with Gasteiger partial charge in [0.25, 0.3) is 11.6 Å². The summed E-state index contributed by atoms with van der Waals surface area (Å²) in [5.74, 6) is -0.172. The highest BCUT2D eigenvalue weighted by Gasteiger charge is 2.60. The first-order chi connectivity index (χ1) is 13.7. The number of rotatable bonds is 6. The van der Waals surface area contributed by atoms with Gasteiger partial charge in [-0.15, -0.1) is 0 Å². The first-order valence-electron chi connectivity index (χ1n) is 9.74. The van der Waals surface area contributed by atoms with Crippen molar-refractivity contribution < 1.29 is 29.1 Å². The molecule has 9 nitrogen and oxygen atoms in total. The molecule has 0 aromatic heterocycles. The van der Waals surface area contributed by atoms with Crippen molar-refractivity contribution in [3.05, 3.63) is 28.3 Å². The highest BCUT2D eigenvalue weighted by molar-refractivity contribution is 5.95. The molecule has 156 valence electrons. The molecular weight excluding hydrogens is 380 g/mol. The third-order valence-electron chi connectivity index (χ3n) is 6.47. The molecule has 1 aromatic carbocycles. The fourth-order valence-electron chi connectivity index (χ4n) is 5.82. The molecule has 4 saturated carbocycles. The Morgan fingerprint density at radius 2 is 1.97 bits per heavy atom. The molecule has 0 radical (unpaired) electrons. The average Bonchev–Trinajstić information content (AvgIpc) is 2.64. The van der Waals surface area contributed by atoms with Gasteiger partial charge >= 0.3 is 5.97 Å². The third kappa shape index (κ3) is 3.66. The lowest BCUT2D eigenvalue weighted by molar-refractivity contribution is -0.384. The Bertz CT molecular complexity index is 854. The molecule has 4 fully saturated rings. The molecular formula is C20H24N2O7. The summed E-state index contributed by atoms with van der Waals surface area (Å²) in [7, 11) is 1.39. The van der Waals surface area contributed by atoms with Crippen LogP contribution < -0.4 is 10.1 Å². The molecule has 4 aliphatic rings. The van der Waals surface area contributed by atoms with E-state index in [-0.39, 0.29) is 11.4 Å². The zero-order valence-corrected chi connectivity index (χ0v) is 16.2. The molecule has 5 rings (SSSR count). The normalized spacial score (nSPS) is 31.9. The monoisotopic (exact) mass is 404 g/mol. The van der Waals surface area contributed by atoms with E-state index in [0.29, 0.717) is 36.8 Å². The van der Waals surface area contributed by atoms with Crippen molar-refractivity contribution in [3.8, 4) is 5.75 Å². The molecule has 2 atom stereocenters. The van der Waals surface area contributed by atoms with Crippen LogP contribution in [0.4, 0.5) is 11.4 Å². The van der Waals surface area contributed by atoms with Crippen molar-refractivity contribution in [2.24, 2.45) is 17.3 Å². The Balaban J connectivity index is 1.39. The number of nitro benzene ring substituents is 1. The van der Waals surface area contributed by atoms with Crippen LogP contribution in [0.5, 0.6) is 5.75 Å². The summed E-state index contributed by atoms with van der Waals surface area (Å²) >= 11 is 0. The third-order valence-corrected chi connectivity index (χ3v) is 6.47. The zero-order valence-electron chi connectivity index (χ0n) is 16.2. The van der Waals surface area contributed by atoms with Crippen LogP contribution in [0, 0.1) is 27.4 Å². The molecule has 0 saturated heterocycles. The molecule has 4 aliphatic carbocycles. The van der Waals surface area contributed by atoms with E-state index >= 15 is 0 Å². The predicted octanol–water partition coefficient (Wildman–Crippen LogP) is 2.42. The second-order valence-corrected chi connectivity index (χ2v) is 8.73. The fraction of sp³-hybridized carbons (Fsp3) is 0.600. The van der Waals surface area contributed by atoms with Gasteiger partial charge in [0.1, 0.15) is 11.4 Å². The molecule has 0 heterocycles. The number of hydrogen-bond donors (Lipinski definition) is 2. The highest BCUT2D eigenvalue weighted by Crippen LogP contribution is 2.61. The van der Waals surface area contributed by atoms with Crippen molar-refractivity contribution in [1.29, 1.82) is 0 Å². The topological polar surface area (TPSA) is 128 Å². The number of hydrogen-bond acceptors (Lipinski definition) is 7. The predicted molar refractivity (Wildman–Crippen MR) is 101 cm³/mol. The van der Waals surface area contributed by atoms with Gasteiger partial charge in [-0.1, -0.05) is 0 Å². The largest absolute Gasteiger partial charge is 0.496 e. The molecule has 2 N–H and O–H groups in total. The number of nitrogens with zero attached hydrogens (tertiary/aromatic N) is 1. The Labute approximate surface area is 167 Å². The van der Waals surface area contributed by atoms with Gasteiger partial charge in [0.2, 0.25) is 0 Å². The lowest BCUT2D eigenvalue weighted by atomic mass is 9.48. The number of benzene rings is 1. The summed E-state index contributed by atoms with van der Waals surface area (Å²) in [6.45, 7) is -0.530. The van der Waals surface area contributed by atoms with E-state index in [4.69, 9.17) is 9.47 Å². The molecule has 1 aromatic rings. The van der Waals surface area contributed by atoms with Gasteiger partial charge in [0.05, 0.1) is 29.1 Å². The number of ether oxygens (including phenoxy) is 2. The number of nitro groups is 1. The summed E-state index contributed by atoms with van der Waals surface area (Å²) < 4.78 is 10.3. The Morgan fingerprint density at radius 1 is 1.28 bits per heavy atom. The van der Waals surface area contributed by atoms with Crippen LogP contribution >= 0.6 is 0 Å². The van der Waals surface area contributed by atoms with Gasteiger partial charge in [-0.2, -0.15) is 0 Å². The number of carbonyl (C=O) groups is 2. The van der Waals surface area contributed by atoms with Crippen LogP contribution in [0.15, 0.2) is 18.2 Å². The molecule has 4 bridgehead atoms. The molecule has 1 amide bonds. The maximum atomic E-state index is 12.8. The van der Waals surface area contributed by atoms with E-state index in [1.165, 1.54) is 25.3 Å². The molecule has 2 unspecified atom stereocenters. The molecule has 9 heteroatoms. The number of carbonyl (C=O) groups excluding carboxylic acids is 2. The lowest BCUT2D eigenvalue weighted by Crippen LogP contribution is -2.58. The summed E-state index contributed by atoms with van der Waals surface area (Å²) in [5, 5.41) is 24.4. The molecule has 29 heavy (non-hydrogen) atoms. The standard InChI is InChI=1S/C20H24N2O7/c1-28-14-2-3-15(16(5-14)22(26)27)21-17(23)10-29-18(24)19-6-12-4-13(7-19)9-20(25,8-12)11-19/h2-3,5,12-13,25H,4,6-11H2,1H3,(H,21,23). The lowest BCUT2D eigenvalue weighted by Gasteiger charge is -2.58. The van der Waals surface area contributed by atoms with E-state index in [0.717, 1.165) is 19.3 Å². The zero-order chi connectivity index (χ0) is 20.8. The Morgan fingerprint density at radius 3 is 2.55 bits per heavy atom. The minimum atomic E-state index is -0.797. The second kappa shape index (κ2) is 6.98. The van der Waals surface area contributed by atoms with Crippen LogP contribution in [-0.2, 0) is 14.3 Å². The SMILES string of the molecule is COc1ccc(NC(=O)COC(=O)C23CC4CC(CC(O)(C4)C2)C3)c([N+](=O)[O-])c1. The van der Waals surface area contributed by atoms with Gasteiger partial charge in [0.15, 0.2) is 6.61 Å². The van der Waals surface area contributed by atoms with Gasteiger partial charge in [0, 0.05) is 0 Å². The van der Waals surface area contributed by atoms with Crippen molar-refractivity contribution in [1.82, 2.24) is 0 Å². The highest BCUT2D eigenvalue weighted by atomic mass is 16.6. The molecule has 0 aliphatic heterocycles. The van der Waals surface area contributed by atoms with Gasteiger partial charge < -0.3 is 19.9 Å². The van der Waals surface area contributed by atoms with Crippen LogP contribution in [-0.4, -0.2) is 41.2 Å². The number of anilines is 1. The minimum Gasteiger partial charge on any atom is -0.496 e. The van der Waals surface area contributed by atoms with Gasteiger partial charge in [-0.05, 0) is 62.5 Å². The van der Waals surface area contributed by atoms with Crippen LogP contribution in [0.1, 0.15) is 38.5 Å². The van der Waals surface area contributed by atoms with Crippen molar-refractivity contribution in [2.75, 3.05) is 19.0 Å². The molecule has 0 spiro atoms. The van der Waals surface area contributed by atoms with Crippen LogP contribution in [0.3, 0.4) is 0 Å².